The Morgan fingerprint density at radius 2 is 1.69 bits per heavy atom. The van der Waals surface area contributed by atoms with Gasteiger partial charge in [-0.3, -0.25) is 4.79 Å². The number of nitrogens with zero attached hydrogens (tertiary/aromatic N) is 3. The highest BCUT2D eigenvalue weighted by Gasteiger charge is 2.26. The van der Waals surface area contributed by atoms with Crippen LogP contribution in [0.15, 0.2) is 103 Å². The lowest BCUT2D eigenvalue weighted by Gasteiger charge is -2.25. The number of H-pyrrole nitrogens is 1. The molecule has 9 nitrogen and oxygen atoms in total. The molecule has 4 N–H and O–H groups in total. The summed E-state index contributed by atoms with van der Waals surface area (Å²) in [5.41, 5.74) is 7.31. The van der Waals surface area contributed by atoms with Crippen LogP contribution >= 0.6 is 0 Å². The first-order valence-electron chi connectivity index (χ1n) is 16.7. The van der Waals surface area contributed by atoms with Crippen LogP contribution in [0.3, 0.4) is 0 Å². The molecule has 9 heteroatoms. The number of imidazole rings is 1. The predicted molar refractivity (Wildman–Crippen MR) is 191 cm³/mol. The van der Waals surface area contributed by atoms with Crippen molar-refractivity contribution in [3.63, 3.8) is 0 Å². The SMILES string of the molecule is O=C(N[C@@H](Cc1c[nH]c2ccc(O)cc12)C(=O)O)c1ccc2c(c1)nc(-c1ccc3nc(-c4ccccc4)ccc3c1)n2C1CCCCC1. The van der Waals surface area contributed by atoms with E-state index in [4.69, 9.17) is 9.97 Å². The smallest absolute Gasteiger partial charge is 0.326 e. The number of amides is 1. The number of nitrogens with one attached hydrogen (secondary N) is 2. The van der Waals surface area contributed by atoms with E-state index in [1.54, 1.807) is 36.5 Å². The Balaban J connectivity index is 1.12. The number of aromatic hydroxyl groups is 1. The summed E-state index contributed by atoms with van der Waals surface area (Å²) in [5, 5.41) is 24.4. The van der Waals surface area contributed by atoms with E-state index in [9.17, 15) is 19.8 Å². The van der Waals surface area contributed by atoms with E-state index in [0.717, 1.165) is 70.3 Å². The number of benzene rings is 4. The predicted octanol–water partition coefficient (Wildman–Crippen LogP) is 8.04. The van der Waals surface area contributed by atoms with Gasteiger partial charge in [0.15, 0.2) is 0 Å². The molecule has 0 spiro atoms. The van der Waals surface area contributed by atoms with Crippen molar-refractivity contribution in [3.8, 4) is 28.4 Å². The number of fused-ring (bicyclic) bond motifs is 3. The molecule has 0 radical (unpaired) electrons. The summed E-state index contributed by atoms with van der Waals surface area (Å²) < 4.78 is 2.33. The summed E-state index contributed by atoms with van der Waals surface area (Å²) in [5.74, 6) is -0.701. The first-order valence-corrected chi connectivity index (χ1v) is 16.7. The summed E-state index contributed by atoms with van der Waals surface area (Å²) in [7, 11) is 0. The summed E-state index contributed by atoms with van der Waals surface area (Å²) in [4.78, 5) is 38.9. The first-order chi connectivity index (χ1) is 23.9. The summed E-state index contributed by atoms with van der Waals surface area (Å²) >= 11 is 0. The van der Waals surface area contributed by atoms with Crippen molar-refractivity contribution in [1.82, 2.24) is 24.8 Å². The Hall–Kier alpha value is -5.96. The average molecular weight is 650 g/mol. The second kappa shape index (κ2) is 12.6. The van der Waals surface area contributed by atoms with Gasteiger partial charge in [-0.15, -0.1) is 0 Å². The van der Waals surface area contributed by atoms with Crippen molar-refractivity contribution in [2.75, 3.05) is 0 Å². The van der Waals surface area contributed by atoms with Crippen LogP contribution < -0.4 is 5.32 Å². The zero-order valence-electron chi connectivity index (χ0n) is 26.8. The summed E-state index contributed by atoms with van der Waals surface area (Å²) in [6.45, 7) is 0. The topological polar surface area (TPSA) is 133 Å². The highest BCUT2D eigenvalue weighted by molar-refractivity contribution is 6.00. The van der Waals surface area contributed by atoms with Gasteiger partial charge in [-0.05, 0) is 79.1 Å². The largest absolute Gasteiger partial charge is 0.508 e. The molecule has 1 aliphatic carbocycles. The van der Waals surface area contributed by atoms with Crippen molar-refractivity contribution in [2.24, 2.45) is 0 Å². The molecule has 3 heterocycles. The van der Waals surface area contributed by atoms with Crippen LogP contribution in [-0.2, 0) is 11.2 Å². The van der Waals surface area contributed by atoms with Crippen LogP contribution in [0.1, 0.15) is 54.1 Å². The Morgan fingerprint density at radius 1 is 0.857 bits per heavy atom. The van der Waals surface area contributed by atoms with Gasteiger partial charge in [0, 0.05) is 51.6 Å². The van der Waals surface area contributed by atoms with Crippen molar-refractivity contribution in [1.29, 1.82) is 0 Å². The molecule has 0 aliphatic heterocycles. The molecule has 0 unspecified atom stereocenters. The standard InChI is InChI=1S/C40H35N5O4/c46-30-14-17-34-31(22-30)28(23-41-34)21-36(40(48)49)44-39(47)27-13-18-37-35(20-27)43-38(45(37)29-9-5-2-6-10-29)26-12-16-33-25(19-26)11-15-32(42-33)24-7-3-1-4-8-24/h1,3-4,7-8,11-20,22-23,29,36,41,46H,2,5-6,9-10,21H2,(H,44,47)(H,48,49)/t36-/m0/s1. The van der Waals surface area contributed by atoms with E-state index in [0.29, 0.717) is 22.0 Å². The number of aromatic amines is 1. The molecule has 1 aliphatic rings. The van der Waals surface area contributed by atoms with Crippen LogP contribution in [-0.4, -0.2) is 47.7 Å². The third-order valence-corrected chi connectivity index (χ3v) is 9.69. The Kier molecular flexibility index (Phi) is 7.80. The molecule has 1 fully saturated rings. The number of pyridine rings is 1. The van der Waals surface area contributed by atoms with Gasteiger partial charge in [0.05, 0.1) is 22.2 Å². The minimum absolute atomic E-state index is 0.0525. The van der Waals surface area contributed by atoms with E-state index in [1.165, 1.54) is 6.42 Å². The number of aromatic nitrogens is 4. The van der Waals surface area contributed by atoms with E-state index in [-0.39, 0.29) is 18.2 Å². The molecule has 49 heavy (non-hydrogen) atoms. The van der Waals surface area contributed by atoms with Gasteiger partial charge in [-0.2, -0.15) is 0 Å². The number of phenolic OH excluding ortho intramolecular Hbond substituents is 1. The molecule has 244 valence electrons. The maximum absolute atomic E-state index is 13.5. The Labute approximate surface area is 282 Å². The van der Waals surface area contributed by atoms with Crippen LogP contribution in [0.25, 0.3) is 55.5 Å². The van der Waals surface area contributed by atoms with Gasteiger partial charge in [0.2, 0.25) is 0 Å². The maximum atomic E-state index is 13.5. The van der Waals surface area contributed by atoms with Crippen LogP contribution in [0.5, 0.6) is 5.75 Å². The van der Waals surface area contributed by atoms with Gasteiger partial charge in [-0.1, -0.05) is 55.7 Å². The molecule has 3 aromatic heterocycles. The number of hydrogen-bond acceptors (Lipinski definition) is 5. The van der Waals surface area contributed by atoms with E-state index in [2.05, 4.69) is 45.2 Å². The fourth-order valence-corrected chi connectivity index (χ4v) is 7.18. The van der Waals surface area contributed by atoms with Crippen molar-refractivity contribution >= 4 is 44.7 Å². The van der Waals surface area contributed by atoms with Gasteiger partial charge in [-0.25, -0.2) is 14.8 Å². The molecular weight excluding hydrogens is 614 g/mol. The monoisotopic (exact) mass is 649 g/mol. The zero-order chi connectivity index (χ0) is 33.5. The number of aliphatic carboxylic acids is 1. The van der Waals surface area contributed by atoms with Gasteiger partial charge < -0.3 is 25.1 Å². The minimum Gasteiger partial charge on any atom is -0.508 e. The normalized spacial score (nSPS) is 14.4. The molecule has 1 amide bonds. The molecule has 0 saturated heterocycles. The highest BCUT2D eigenvalue weighted by Crippen LogP contribution is 2.37. The number of carbonyl (C=O) groups is 2. The van der Waals surface area contributed by atoms with E-state index >= 15 is 0 Å². The van der Waals surface area contributed by atoms with Gasteiger partial charge in [0.25, 0.3) is 5.91 Å². The number of carboxylic acid groups (broad SMARTS) is 1. The molecule has 4 aromatic carbocycles. The van der Waals surface area contributed by atoms with Crippen LogP contribution in [0, 0.1) is 0 Å². The minimum atomic E-state index is -1.17. The first kappa shape index (κ1) is 30.4. The number of rotatable bonds is 8. The second-order valence-electron chi connectivity index (χ2n) is 12.9. The van der Waals surface area contributed by atoms with Crippen molar-refractivity contribution < 1.29 is 19.8 Å². The fourth-order valence-electron chi connectivity index (χ4n) is 7.18. The average Bonchev–Trinajstić information content (AvgIpc) is 3.72. The number of hydrogen-bond donors (Lipinski definition) is 4. The molecule has 8 rings (SSSR count). The quantitative estimate of drug-likeness (QED) is 0.132. The lowest BCUT2D eigenvalue weighted by atomic mass is 9.94. The molecule has 1 atom stereocenters. The second-order valence-corrected chi connectivity index (χ2v) is 12.9. The molecule has 0 bridgehead atoms. The summed E-state index contributed by atoms with van der Waals surface area (Å²) in [6.07, 6.45) is 7.41. The summed E-state index contributed by atoms with van der Waals surface area (Å²) in [6, 6.07) is 30.0. The number of phenols is 1. The van der Waals surface area contributed by atoms with Crippen LogP contribution in [0.4, 0.5) is 0 Å². The van der Waals surface area contributed by atoms with Gasteiger partial charge in [0.1, 0.15) is 17.6 Å². The Morgan fingerprint density at radius 3 is 2.51 bits per heavy atom. The molecule has 1 saturated carbocycles. The third-order valence-electron chi connectivity index (χ3n) is 9.69. The highest BCUT2D eigenvalue weighted by atomic mass is 16.4. The lowest BCUT2D eigenvalue weighted by molar-refractivity contribution is -0.139. The molecular formula is C40H35N5O4. The van der Waals surface area contributed by atoms with Crippen LogP contribution in [0.2, 0.25) is 0 Å². The van der Waals surface area contributed by atoms with E-state index in [1.807, 2.05) is 36.4 Å². The number of carboxylic acids is 1. The van der Waals surface area contributed by atoms with Crippen molar-refractivity contribution in [3.05, 3.63) is 114 Å². The van der Waals surface area contributed by atoms with E-state index < -0.39 is 17.9 Å². The molecule has 7 aromatic rings. The zero-order valence-corrected chi connectivity index (χ0v) is 26.8. The Bertz CT molecular complexity index is 2350. The fraction of sp³-hybridized carbons (Fsp3) is 0.200. The number of carbonyl (C=O) groups excluding carboxylic acids is 1. The van der Waals surface area contributed by atoms with Crippen molar-refractivity contribution in [2.45, 2.75) is 50.6 Å². The maximum Gasteiger partial charge on any atom is 0.326 e. The third kappa shape index (κ3) is 5.88. The lowest BCUT2D eigenvalue weighted by Crippen LogP contribution is -2.42. The van der Waals surface area contributed by atoms with Gasteiger partial charge >= 0.3 is 5.97 Å².